The maximum absolute atomic E-state index is 14.1. The van der Waals surface area contributed by atoms with Crippen LogP contribution in [0.25, 0.3) is 11.2 Å². The second-order valence-corrected chi connectivity index (χ2v) is 16.2. The molecule has 0 saturated heterocycles. The summed E-state index contributed by atoms with van der Waals surface area (Å²) in [4.78, 5) is 25.2. The van der Waals surface area contributed by atoms with Crippen molar-refractivity contribution in [1.29, 1.82) is 0 Å². The van der Waals surface area contributed by atoms with Gasteiger partial charge < -0.3 is 18.9 Å². The van der Waals surface area contributed by atoms with Gasteiger partial charge >= 0.3 is 5.97 Å². The number of carbonyl (C=O) groups excluding carboxylic acids is 1. The van der Waals surface area contributed by atoms with Crippen molar-refractivity contribution in [2.45, 2.75) is 41.5 Å². The van der Waals surface area contributed by atoms with Gasteiger partial charge in [0.05, 0.1) is 52.0 Å². The van der Waals surface area contributed by atoms with Gasteiger partial charge in [-0.15, -0.1) is 0 Å². The van der Waals surface area contributed by atoms with Gasteiger partial charge in [-0.3, -0.25) is 9.19 Å². The molecule has 0 saturated carbocycles. The van der Waals surface area contributed by atoms with Crippen molar-refractivity contribution in [3.8, 4) is 17.4 Å². The van der Waals surface area contributed by atoms with E-state index in [1.807, 2.05) is 13.8 Å². The van der Waals surface area contributed by atoms with Gasteiger partial charge in [0.1, 0.15) is 23.6 Å². The van der Waals surface area contributed by atoms with E-state index in [-0.39, 0.29) is 50.1 Å². The molecule has 0 bridgehead atoms. The van der Waals surface area contributed by atoms with Crippen LogP contribution in [0.15, 0.2) is 81.8 Å². The molecular weight excluding hydrogens is 709 g/mol. The summed E-state index contributed by atoms with van der Waals surface area (Å²) in [5, 5.41) is -0.269. The first-order valence-corrected chi connectivity index (χ1v) is 19.4. The number of esters is 1. The Balaban J connectivity index is 1.32. The van der Waals surface area contributed by atoms with Crippen LogP contribution in [0.1, 0.15) is 22.4 Å². The lowest BCUT2D eigenvalue weighted by molar-refractivity contribution is -0.145. The van der Waals surface area contributed by atoms with E-state index in [1.165, 1.54) is 62.8 Å². The highest BCUT2D eigenvalue weighted by Gasteiger charge is 2.29. The predicted molar refractivity (Wildman–Crippen MR) is 183 cm³/mol. The highest BCUT2D eigenvalue weighted by molar-refractivity contribution is 7.91. The van der Waals surface area contributed by atoms with Gasteiger partial charge in [-0.1, -0.05) is 17.7 Å². The molecule has 2 aromatic carbocycles. The fraction of sp³-hybridized carbons (Fsp3) is 0.273. The first-order valence-electron chi connectivity index (χ1n) is 15.0. The average molecular weight is 743 g/mol. The number of aryl methyl sites for hydroxylation is 2. The minimum absolute atomic E-state index is 0.00701. The molecule has 0 N–H and O–H groups in total. The summed E-state index contributed by atoms with van der Waals surface area (Å²) < 4.78 is 88.9. The normalized spacial score (nSPS) is 12.4. The van der Waals surface area contributed by atoms with E-state index in [4.69, 9.17) is 18.9 Å². The number of ether oxygens (including phenoxy) is 4. The molecule has 5 rings (SSSR count). The number of carbonyl (C=O) groups is 1. The number of pyridine rings is 2. The molecule has 0 aliphatic carbocycles. The molecule has 0 radical (unpaired) electrons. The van der Waals surface area contributed by atoms with Crippen LogP contribution in [-0.4, -0.2) is 79.1 Å². The number of aromatic nitrogens is 4. The number of rotatable bonds is 14. The average Bonchev–Trinajstić information content (AvgIpc) is 3.49. The number of sulfone groups is 1. The van der Waals surface area contributed by atoms with Crippen LogP contribution in [0.5, 0.6) is 17.4 Å². The van der Waals surface area contributed by atoms with Gasteiger partial charge in [-0.05, 0) is 63.2 Å². The topological polar surface area (TPSA) is 183 Å². The predicted octanol–water partition coefficient (Wildman–Crippen LogP) is 3.71. The SMILES string of the molecule is COc1ccc2c(n1)nc(S(=O)Cc1ncc(C)c(OC)c1C)n2S(=O)(=O)c1ccc(OCC(=O)OCCS(=O)(=O)c2ccc(C)cc2)cc1. The Bertz CT molecular complexity index is 2290. The smallest absolute Gasteiger partial charge is 0.344 e. The van der Waals surface area contributed by atoms with E-state index in [1.54, 1.807) is 25.3 Å². The minimum Gasteiger partial charge on any atom is -0.496 e. The third-order valence-corrected chi connectivity index (χ3v) is 12.3. The summed E-state index contributed by atoms with van der Waals surface area (Å²) in [5.74, 6) is -0.446. The van der Waals surface area contributed by atoms with Gasteiger partial charge in [0.2, 0.25) is 11.0 Å². The number of methoxy groups -OCH3 is 2. The van der Waals surface area contributed by atoms with E-state index >= 15 is 0 Å². The summed E-state index contributed by atoms with van der Waals surface area (Å²) in [6, 6.07) is 14.5. The van der Waals surface area contributed by atoms with Crippen LogP contribution in [0, 0.1) is 20.8 Å². The Morgan fingerprint density at radius 1 is 0.860 bits per heavy atom. The molecule has 0 amide bonds. The van der Waals surface area contributed by atoms with Crippen molar-refractivity contribution < 1.29 is 44.8 Å². The fourth-order valence-electron chi connectivity index (χ4n) is 4.92. The fourth-order valence-corrected chi connectivity index (χ4v) is 9.04. The highest BCUT2D eigenvalue weighted by Crippen LogP contribution is 2.30. The van der Waals surface area contributed by atoms with Crippen molar-refractivity contribution in [2.24, 2.45) is 0 Å². The molecule has 14 nitrogen and oxygen atoms in total. The third kappa shape index (κ3) is 7.79. The van der Waals surface area contributed by atoms with E-state index in [0.717, 1.165) is 15.1 Å². The van der Waals surface area contributed by atoms with Crippen molar-refractivity contribution in [1.82, 2.24) is 18.9 Å². The molecule has 0 aliphatic heterocycles. The molecule has 0 spiro atoms. The van der Waals surface area contributed by atoms with Gasteiger partial charge in [0.15, 0.2) is 22.1 Å². The Hall–Kier alpha value is -4.87. The number of benzene rings is 2. The molecule has 17 heteroatoms. The zero-order chi connectivity index (χ0) is 36.2. The number of nitrogens with zero attached hydrogens (tertiary/aromatic N) is 4. The zero-order valence-electron chi connectivity index (χ0n) is 27.8. The monoisotopic (exact) mass is 742 g/mol. The summed E-state index contributed by atoms with van der Waals surface area (Å²) >= 11 is 0. The Labute approximate surface area is 291 Å². The molecule has 3 heterocycles. The second kappa shape index (κ2) is 14.9. The van der Waals surface area contributed by atoms with Gasteiger partial charge in [-0.2, -0.15) is 9.97 Å². The molecule has 0 fully saturated rings. The lowest BCUT2D eigenvalue weighted by Crippen LogP contribution is -2.20. The van der Waals surface area contributed by atoms with Crippen molar-refractivity contribution >= 4 is 47.8 Å². The van der Waals surface area contributed by atoms with Crippen LogP contribution in [-0.2, 0) is 45.9 Å². The van der Waals surface area contributed by atoms with Crippen LogP contribution in [0.2, 0.25) is 0 Å². The van der Waals surface area contributed by atoms with Gasteiger partial charge in [-0.25, -0.2) is 25.6 Å². The number of fused-ring (bicyclic) bond motifs is 1. The summed E-state index contributed by atoms with van der Waals surface area (Å²) in [5.41, 5.74) is 2.90. The van der Waals surface area contributed by atoms with Gasteiger partial charge in [0.25, 0.3) is 10.0 Å². The standard InChI is InChI=1S/C33H34N4O10S3/c1-21-6-10-25(11-7-21)49(40,41)17-16-46-30(38)19-47-24-8-12-26(13-9-24)50(42,43)37-28-14-15-29(44-4)35-32(28)36-33(37)48(39)20-27-23(3)31(45-5)22(2)18-34-27/h6-15,18H,16-17,19-20H2,1-5H3. The van der Waals surface area contributed by atoms with Crippen molar-refractivity contribution in [3.05, 3.63) is 89.2 Å². The number of imidazole rings is 1. The highest BCUT2D eigenvalue weighted by atomic mass is 32.2. The van der Waals surface area contributed by atoms with E-state index in [2.05, 4.69) is 15.0 Å². The quantitative estimate of drug-likeness (QED) is 0.150. The first kappa shape index (κ1) is 36.4. The Kier molecular flexibility index (Phi) is 10.9. The molecule has 1 unspecified atom stereocenters. The van der Waals surface area contributed by atoms with Crippen LogP contribution >= 0.6 is 0 Å². The Morgan fingerprint density at radius 3 is 2.20 bits per heavy atom. The molecule has 50 heavy (non-hydrogen) atoms. The molecule has 264 valence electrons. The lowest BCUT2D eigenvalue weighted by atomic mass is 10.1. The maximum atomic E-state index is 14.1. The second-order valence-electron chi connectivity index (χ2n) is 11.0. The molecule has 1 atom stereocenters. The zero-order valence-corrected chi connectivity index (χ0v) is 30.2. The van der Waals surface area contributed by atoms with Crippen molar-refractivity contribution in [2.75, 3.05) is 33.2 Å². The van der Waals surface area contributed by atoms with Crippen LogP contribution < -0.4 is 14.2 Å². The number of hydrogen-bond acceptors (Lipinski definition) is 13. The molecule has 5 aromatic rings. The molecular formula is C33H34N4O10S3. The number of hydrogen-bond donors (Lipinski definition) is 0. The van der Waals surface area contributed by atoms with Crippen LogP contribution in [0.3, 0.4) is 0 Å². The van der Waals surface area contributed by atoms with E-state index in [9.17, 15) is 25.8 Å². The van der Waals surface area contributed by atoms with E-state index in [0.29, 0.717) is 17.0 Å². The Morgan fingerprint density at radius 2 is 1.54 bits per heavy atom. The molecule has 0 aliphatic rings. The minimum atomic E-state index is -4.41. The first-order chi connectivity index (χ1) is 23.7. The van der Waals surface area contributed by atoms with Gasteiger partial charge in [0, 0.05) is 23.4 Å². The summed E-state index contributed by atoms with van der Waals surface area (Å²) in [6.07, 6.45) is 1.59. The lowest BCUT2D eigenvalue weighted by Gasteiger charge is -2.13. The van der Waals surface area contributed by atoms with Crippen LogP contribution in [0.4, 0.5) is 0 Å². The molecule has 3 aromatic heterocycles. The third-order valence-electron chi connectivity index (χ3n) is 7.57. The summed E-state index contributed by atoms with van der Waals surface area (Å²) in [7, 11) is -7.14. The largest absolute Gasteiger partial charge is 0.496 e. The maximum Gasteiger partial charge on any atom is 0.344 e. The van der Waals surface area contributed by atoms with E-state index < -0.39 is 49.0 Å². The summed E-state index contributed by atoms with van der Waals surface area (Å²) in [6.45, 7) is 4.53. The van der Waals surface area contributed by atoms with Crippen molar-refractivity contribution in [3.63, 3.8) is 0 Å².